The van der Waals surface area contributed by atoms with Crippen LogP contribution in [0, 0.1) is 0 Å². The number of aromatic amines is 1. The number of hydrogen-bond donors (Lipinski definition) is 2. The maximum absolute atomic E-state index is 12.1. The molecular formula is C19H20ClN5O2. The van der Waals surface area contributed by atoms with Gasteiger partial charge in [-0.05, 0) is 31.0 Å². The first-order valence-corrected chi connectivity index (χ1v) is 9.11. The molecular weight excluding hydrogens is 366 g/mol. The number of ether oxygens (including phenoxy) is 1. The highest BCUT2D eigenvalue weighted by Gasteiger charge is 2.29. The topological polar surface area (TPSA) is 83.1 Å². The highest BCUT2D eigenvalue weighted by molar-refractivity contribution is 6.34. The van der Waals surface area contributed by atoms with Crippen molar-refractivity contribution in [2.24, 2.45) is 0 Å². The summed E-state index contributed by atoms with van der Waals surface area (Å²) in [5, 5.41) is 4.51. The molecule has 1 aliphatic rings. The summed E-state index contributed by atoms with van der Waals surface area (Å²) in [5.41, 5.74) is 3.28. The van der Waals surface area contributed by atoms with Gasteiger partial charge in [0, 0.05) is 35.2 Å². The number of amides is 2. The van der Waals surface area contributed by atoms with Crippen LogP contribution in [0.3, 0.4) is 0 Å². The van der Waals surface area contributed by atoms with Crippen molar-refractivity contribution in [3.63, 3.8) is 0 Å². The van der Waals surface area contributed by atoms with E-state index in [1.165, 1.54) is 0 Å². The second-order valence-corrected chi connectivity index (χ2v) is 7.07. The number of aromatic nitrogens is 3. The average molecular weight is 386 g/mol. The smallest absolute Gasteiger partial charge is 0.317 e. The fourth-order valence-electron chi connectivity index (χ4n) is 2.99. The summed E-state index contributed by atoms with van der Waals surface area (Å²) < 4.78 is 5.04. The van der Waals surface area contributed by atoms with Crippen molar-refractivity contribution < 1.29 is 9.53 Å². The van der Waals surface area contributed by atoms with Gasteiger partial charge in [0.25, 0.3) is 0 Å². The van der Waals surface area contributed by atoms with E-state index in [0.29, 0.717) is 29.2 Å². The number of methoxy groups -OCH3 is 1. The molecule has 140 valence electrons. The number of halogens is 1. The quantitative estimate of drug-likeness (QED) is 0.703. The predicted octanol–water partition coefficient (Wildman–Crippen LogP) is 3.59. The van der Waals surface area contributed by atoms with Gasteiger partial charge in [-0.2, -0.15) is 0 Å². The van der Waals surface area contributed by atoms with Crippen LogP contribution < -0.4 is 10.1 Å². The van der Waals surface area contributed by atoms with E-state index < -0.39 is 0 Å². The zero-order chi connectivity index (χ0) is 19.0. The second-order valence-electron chi connectivity index (χ2n) is 6.66. The number of H-pyrrole nitrogens is 1. The van der Waals surface area contributed by atoms with Crippen LogP contribution in [-0.2, 0) is 6.54 Å². The number of rotatable bonds is 5. The molecule has 0 atom stereocenters. The summed E-state index contributed by atoms with van der Waals surface area (Å²) in [6.07, 6.45) is 5.36. The minimum atomic E-state index is -0.0524. The van der Waals surface area contributed by atoms with Crippen LogP contribution in [-0.4, -0.2) is 46.1 Å². The van der Waals surface area contributed by atoms with Crippen LogP contribution in [0.4, 0.5) is 4.79 Å². The molecule has 3 aromatic rings. The summed E-state index contributed by atoms with van der Waals surface area (Å²) >= 11 is 6.44. The number of nitrogens with zero attached hydrogens (tertiary/aromatic N) is 3. The third-order valence-electron chi connectivity index (χ3n) is 4.72. The number of hydrogen-bond acceptors (Lipinski definition) is 4. The molecule has 0 aliphatic heterocycles. The molecule has 0 bridgehead atoms. The lowest BCUT2D eigenvalue weighted by atomic mass is 10.1. The molecule has 7 nitrogen and oxygen atoms in total. The van der Waals surface area contributed by atoms with Gasteiger partial charge in [-0.25, -0.2) is 14.8 Å². The minimum Gasteiger partial charge on any atom is -0.480 e. The van der Waals surface area contributed by atoms with Crippen molar-refractivity contribution in [1.29, 1.82) is 0 Å². The van der Waals surface area contributed by atoms with Gasteiger partial charge in [-0.3, -0.25) is 0 Å². The Balaban J connectivity index is 1.54. The SMILES string of the molecule is COc1cnc(-c2cc3[nH]c(CNC(=O)N(C)C4CC4)cc3cc2Cl)cn1. The molecule has 2 aromatic heterocycles. The number of fused-ring (bicyclic) bond motifs is 1. The van der Waals surface area contributed by atoms with Gasteiger partial charge in [0.1, 0.15) is 0 Å². The van der Waals surface area contributed by atoms with E-state index in [1.807, 2.05) is 25.2 Å². The zero-order valence-corrected chi connectivity index (χ0v) is 15.9. The van der Waals surface area contributed by atoms with E-state index in [1.54, 1.807) is 24.4 Å². The molecule has 0 spiro atoms. The summed E-state index contributed by atoms with van der Waals surface area (Å²) in [6, 6.07) is 6.15. The number of carbonyl (C=O) groups is 1. The molecule has 2 N–H and O–H groups in total. The van der Waals surface area contributed by atoms with Gasteiger partial charge < -0.3 is 19.9 Å². The van der Waals surface area contributed by atoms with Crippen molar-refractivity contribution in [2.45, 2.75) is 25.4 Å². The standard InChI is InChI=1S/C19H20ClN5O2/c1-25(13-3-4-13)19(26)23-8-12-5-11-6-15(20)14(7-16(11)24-12)17-9-22-18(27-2)10-21-17/h5-7,9-10,13,24H,3-4,8H2,1-2H3,(H,23,26). The number of urea groups is 1. The molecule has 4 rings (SSSR count). The summed E-state index contributed by atoms with van der Waals surface area (Å²) in [7, 11) is 3.38. The monoisotopic (exact) mass is 385 g/mol. The summed E-state index contributed by atoms with van der Waals surface area (Å²) in [5.74, 6) is 0.449. The molecule has 1 aliphatic carbocycles. The number of benzene rings is 1. The van der Waals surface area contributed by atoms with Gasteiger partial charge >= 0.3 is 6.03 Å². The Bertz CT molecular complexity index is 982. The third kappa shape index (κ3) is 3.68. The molecule has 2 heterocycles. The fourth-order valence-corrected chi connectivity index (χ4v) is 3.26. The van der Waals surface area contributed by atoms with Crippen LogP contribution in [0.5, 0.6) is 5.88 Å². The molecule has 27 heavy (non-hydrogen) atoms. The van der Waals surface area contributed by atoms with Crippen LogP contribution in [0.1, 0.15) is 18.5 Å². The largest absolute Gasteiger partial charge is 0.480 e. The molecule has 0 radical (unpaired) electrons. The normalized spacial score (nSPS) is 13.6. The first-order valence-electron chi connectivity index (χ1n) is 8.73. The lowest BCUT2D eigenvalue weighted by molar-refractivity contribution is 0.206. The fraction of sp³-hybridized carbons (Fsp3) is 0.316. The Hall–Kier alpha value is -2.80. The van der Waals surface area contributed by atoms with E-state index in [-0.39, 0.29) is 6.03 Å². The van der Waals surface area contributed by atoms with Gasteiger partial charge in [0.2, 0.25) is 5.88 Å². The maximum atomic E-state index is 12.1. The van der Waals surface area contributed by atoms with Crippen LogP contribution in [0.15, 0.2) is 30.6 Å². The Morgan fingerprint density at radius 2 is 2.15 bits per heavy atom. The van der Waals surface area contributed by atoms with Gasteiger partial charge in [-0.15, -0.1) is 0 Å². The van der Waals surface area contributed by atoms with E-state index >= 15 is 0 Å². The Labute approximate surface area is 161 Å². The highest BCUT2D eigenvalue weighted by atomic mass is 35.5. The first-order chi connectivity index (χ1) is 13.0. The molecule has 1 fully saturated rings. The average Bonchev–Trinajstić information content (AvgIpc) is 3.45. The van der Waals surface area contributed by atoms with Crippen molar-refractivity contribution in [3.05, 3.63) is 41.3 Å². The van der Waals surface area contributed by atoms with Crippen molar-refractivity contribution in [1.82, 2.24) is 25.2 Å². The maximum Gasteiger partial charge on any atom is 0.317 e. The van der Waals surface area contributed by atoms with E-state index in [2.05, 4.69) is 20.3 Å². The van der Waals surface area contributed by atoms with E-state index in [9.17, 15) is 4.79 Å². The van der Waals surface area contributed by atoms with Crippen molar-refractivity contribution >= 4 is 28.5 Å². The minimum absolute atomic E-state index is 0.0524. The van der Waals surface area contributed by atoms with Crippen LogP contribution in [0.2, 0.25) is 5.02 Å². The predicted molar refractivity (Wildman–Crippen MR) is 104 cm³/mol. The number of nitrogens with one attached hydrogen (secondary N) is 2. The third-order valence-corrected chi connectivity index (χ3v) is 5.04. The molecule has 8 heteroatoms. The second kappa shape index (κ2) is 7.08. The van der Waals surface area contributed by atoms with Gasteiger partial charge in [0.15, 0.2) is 0 Å². The molecule has 0 saturated heterocycles. The van der Waals surface area contributed by atoms with Gasteiger partial charge in [-0.1, -0.05) is 11.6 Å². The van der Waals surface area contributed by atoms with E-state index in [4.69, 9.17) is 16.3 Å². The molecule has 0 unspecified atom stereocenters. The lowest BCUT2D eigenvalue weighted by Crippen LogP contribution is -2.38. The van der Waals surface area contributed by atoms with Gasteiger partial charge in [0.05, 0.1) is 36.8 Å². The van der Waals surface area contributed by atoms with Crippen LogP contribution in [0.25, 0.3) is 22.2 Å². The Kier molecular flexibility index (Phi) is 4.61. The van der Waals surface area contributed by atoms with E-state index in [0.717, 1.165) is 35.0 Å². The van der Waals surface area contributed by atoms with Crippen LogP contribution >= 0.6 is 11.6 Å². The molecule has 1 saturated carbocycles. The zero-order valence-electron chi connectivity index (χ0n) is 15.1. The molecule has 2 amide bonds. The highest BCUT2D eigenvalue weighted by Crippen LogP contribution is 2.31. The Morgan fingerprint density at radius 1 is 1.33 bits per heavy atom. The number of carbonyl (C=O) groups excluding carboxylic acids is 1. The summed E-state index contributed by atoms with van der Waals surface area (Å²) in [4.78, 5) is 25.7. The molecule has 1 aromatic carbocycles. The Morgan fingerprint density at radius 3 is 2.81 bits per heavy atom. The first kappa shape index (κ1) is 17.6. The van der Waals surface area contributed by atoms with Crippen molar-refractivity contribution in [3.8, 4) is 17.1 Å². The van der Waals surface area contributed by atoms with Crippen molar-refractivity contribution in [2.75, 3.05) is 14.2 Å². The summed E-state index contributed by atoms with van der Waals surface area (Å²) in [6.45, 7) is 0.430. The lowest BCUT2D eigenvalue weighted by Gasteiger charge is -2.16.